The highest BCUT2D eigenvalue weighted by molar-refractivity contribution is 5.95. The van der Waals surface area contributed by atoms with Crippen molar-refractivity contribution in [2.75, 3.05) is 6.79 Å². The van der Waals surface area contributed by atoms with Gasteiger partial charge in [-0.3, -0.25) is 14.2 Å². The Hall–Kier alpha value is -3.55. The number of nitrogens with zero attached hydrogens (tertiary/aromatic N) is 3. The zero-order chi connectivity index (χ0) is 20.4. The zero-order valence-electron chi connectivity index (χ0n) is 16.3. The molecule has 1 aliphatic heterocycles. The first-order chi connectivity index (χ1) is 14.1. The van der Waals surface area contributed by atoms with Crippen LogP contribution in [-0.4, -0.2) is 32.9 Å². The van der Waals surface area contributed by atoms with Crippen LogP contribution in [0.15, 0.2) is 54.0 Å². The average Bonchev–Trinajstić information content (AvgIpc) is 3.38. The zero-order valence-corrected chi connectivity index (χ0v) is 16.3. The van der Waals surface area contributed by atoms with Gasteiger partial charge < -0.3 is 19.4 Å². The number of hydrogen-bond acceptors (Lipinski definition) is 5. The van der Waals surface area contributed by atoms with E-state index >= 15 is 0 Å². The van der Waals surface area contributed by atoms with Gasteiger partial charge in [-0.15, -0.1) is 0 Å². The Morgan fingerprint density at radius 2 is 2.07 bits per heavy atom. The molecule has 0 spiro atoms. The normalized spacial score (nSPS) is 13.3. The third-order valence-electron chi connectivity index (χ3n) is 4.98. The second kappa shape index (κ2) is 7.83. The predicted octanol–water partition coefficient (Wildman–Crippen LogP) is 2.28. The summed E-state index contributed by atoms with van der Waals surface area (Å²) in [4.78, 5) is 30.1. The van der Waals surface area contributed by atoms with E-state index in [1.54, 1.807) is 49.9 Å². The van der Waals surface area contributed by atoms with Gasteiger partial charge in [-0.2, -0.15) is 0 Å². The smallest absolute Gasteiger partial charge is 0.268 e. The highest BCUT2D eigenvalue weighted by Crippen LogP contribution is 2.33. The van der Waals surface area contributed by atoms with Crippen LogP contribution >= 0.6 is 0 Å². The van der Waals surface area contributed by atoms with Gasteiger partial charge in [0.05, 0.1) is 12.0 Å². The standard InChI is InChI=1S/C21H22N4O4/c1-3-15(11-24-9-7-22-12-24)23-20(26)19-14(2)6-8-25(21(19)27)16-4-5-17-18(10-16)29-13-28-17/h4-10,12,15H,3,11,13H2,1-2H3,(H,23,26). The lowest BCUT2D eigenvalue weighted by Crippen LogP contribution is -2.41. The van der Waals surface area contributed by atoms with E-state index in [2.05, 4.69) is 10.3 Å². The molecule has 29 heavy (non-hydrogen) atoms. The molecule has 0 saturated carbocycles. The van der Waals surface area contributed by atoms with Crippen molar-refractivity contribution in [2.24, 2.45) is 0 Å². The highest BCUT2D eigenvalue weighted by Gasteiger charge is 2.21. The summed E-state index contributed by atoms with van der Waals surface area (Å²) in [5, 5.41) is 2.98. The first kappa shape index (κ1) is 18.8. The maximum absolute atomic E-state index is 13.1. The lowest BCUT2D eigenvalue weighted by atomic mass is 10.1. The minimum absolute atomic E-state index is 0.116. The number of imidazole rings is 1. The summed E-state index contributed by atoms with van der Waals surface area (Å²) in [6, 6.07) is 6.89. The van der Waals surface area contributed by atoms with Crippen LogP contribution in [0.25, 0.3) is 5.69 Å². The molecule has 0 fully saturated rings. The number of benzene rings is 1. The van der Waals surface area contributed by atoms with Gasteiger partial charge in [-0.1, -0.05) is 6.92 Å². The Labute approximate surface area is 167 Å². The third-order valence-corrected chi connectivity index (χ3v) is 4.98. The largest absolute Gasteiger partial charge is 0.454 e. The van der Waals surface area contributed by atoms with Crippen molar-refractivity contribution in [1.29, 1.82) is 0 Å². The Morgan fingerprint density at radius 1 is 1.24 bits per heavy atom. The lowest BCUT2D eigenvalue weighted by Gasteiger charge is -2.18. The highest BCUT2D eigenvalue weighted by atomic mass is 16.7. The van der Waals surface area contributed by atoms with Gasteiger partial charge in [-0.05, 0) is 37.1 Å². The Balaban J connectivity index is 1.62. The molecule has 0 aliphatic carbocycles. The molecule has 150 valence electrons. The van der Waals surface area contributed by atoms with E-state index in [4.69, 9.17) is 9.47 Å². The molecule has 1 N–H and O–H groups in total. The molecule has 1 aromatic carbocycles. The first-order valence-corrected chi connectivity index (χ1v) is 9.45. The molecule has 1 atom stereocenters. The Morgan fingerprint density at radius 3 is 2.83 bits per heavy atom. The fourth-order valence-corrected chi connectivity index (χ4v) is 3.32. The lowest BCUT2D eigenvalue weighted by molar-refractivity contribution is 0.0929. The van der Waals surface area contributed by atoms with Gasteiger partial charge in [-0.25, -0.2) is 4.98 Å². The molecule has 8 nitrogen and oxygen atoms in total. The number of aromatic nitrogens is 3. The van der Waals surface area contributed by atoms with Gasteiger partial charge >= 0.3 is 0 Å². The molecule has 4 rings (SSSR count). The summed E-state index contributed by atoms with van der Waals surface area (Å²) in [6.45, 7) is 4.50. The number of carbonyl (C=O) groups excluding carboxylic acids is 1. The summed E-state index contributed by atoms with van der Waals surface area (Å²) in [7, 11) is 0. The predicted molar refractivity (Wildman–Crippen MR) is 107 cm³/mol. The van der Waals surface area contributed by atoms with E-state index in [9.17, 15) is 9.59 Å². The van der Waals surface area contributed by atoms with E-state index in [1.807, 2.05) is 17.7 Å². The fourth-order valence-electron chi connectivity index (χ4n) is 3.32. The topological polar surface area (TPSA) is 87.4 Å². The van der Waals surface area contributed by atoms with Crippen LogP contribution in [-0.2, 0) is 6.54 Å². The summed E-state index contributed by atoms with van der Waals surface area (Å²) in [5.74, 6) is 0.832. The molecule has 0 saturated heterocycles. The number of amides is 1. The monoisotopic (exact) mass is 394 g/mol. The quantitative estimate of drug-likeness (QED) is 0.693. The molecule has 1 amide bonds. The van der Waals surface area contributed by atoms with Gasteiger partial charge in [0.1, 0.15) is 5.56 Å². The van der Waals surface area contributed by atoms with Crippen molar-refractivity contribution in [3.63, 3.8) is 0 Å². The number of pyridine rings is 1. The summed E-state index contributed by atoms with van der Waals surface area (Å²) in [5.41, 5.74) is 0.994. The van der Waals surface area contributed by atoms with Gasteiger partial charge in [0.25, 0.3) is 11.5 Å². The number of ether oxygens (including phenoxy) is 2. The van der Waals surface area contributed by atoms with Crippen molar-refractivity contribution >= 4 is 5.91 Å². The maximum atomic E-state index is 13.1. The van der Waals surface area contributed by atoms with Crippen LogP contribution in [0.1, 0.15) is 29.3 Å². The molecule has 1 unspecified atom stereocenters. The van der Waals surface area contributed by atoms with Crippen molar-refractivity contribution in [3.05, 3.63) is 70.7 Å². The van der Waals surface area contributed by atoms with Crippen molar-refractivity contribution in [2.45, 2.75) is 32.9 Å². The molecule has 8 heteroatoms. The number of carbonyl (C=O) groups is 1. The first-order valence-electron chi connectivity index (χ1n) is 9.45. The number of aryl methyl sites for hydroxylation is 1. The summed E-state index contributed by atoms with van der Waals surface area (Å²) in [6.07, 6.45) is 7.63. The van der Waals surface area contributed by atoms with Crippen molar-refractivity contribution in [3.8, 4) is 17.2 Å². The fraction of sp³-hybridized carbons (Fsp3) is 0.286. The second-order valence-electron chi connectivity index (χ2n) is 6.92. The number of nitrogens with one attached hydrogen (secondary N) is 1. The second-order valence-corrected chi connectivity index (χ2v) is 6.92. The number of hydrogen-bond donors (Lipinski definition) is 1. The Kier molecular flexibility index (Phi) is 5.07. The molecule has 0 radical (unpaired) electrons. The minimum Gasteiger partial charge on any atom is -0.454 e. The van der Waals surface area contributed by atoms with E-state index in [0.29, 0.717) is 29.3 Å². The minimum atomic E-state index is -0.380. The summed E-state index contributed by atoms with van der Waals surface area (Å²) >= 11 is 0. The molecule has 3 aromatic rings. The molecular weight excluding hydrogens is 372 g/mol. The van der Waals surface area contributed by atoms with Crippen LogP contribution in [0, 0.1) is 6.92 Å². The third kappa shape index (κ3) is 3.73. The molecule has 2 aromatic heterocycles. The van der Waals surface area contributed by atoms with Crippen LogP contribution in [0.3, 0.4) is 0 Å². The average molecular weight is 394 g/mol. The van der Waals surface area contributed by atoms with Crippen molar-refractivity contribution < 1.29 is 14.3 Å². The van der Waals surface area contributed by atoms with Crippen LogP contribution in [0.5, 0.6) is 11.5 Å². The molecular formula is C21H22N4O4. The van der Waals surface area contributed by atoms with Gasteiger partial charge in [0.15, 0.2) is 11.5 Å². The van der Waals surface area contributed by atoms with E-state index in [0.717, 1.165) is 6.42 Å². The van der Waals surface area contributed by atoms with Crippen molar-refractivity contribution in [1.82, 2.24) is 19.4 Å². The molecule has 3 heterocycles. The maximum Gasteiger partial charge on any atom is 0.268 e. The van der Waals surface area contributed by atoms with E-state index < -0.39 is 0 Å². The number of rotatable bonds is 6. The number of fused-ring (bicyclic) bond motifs is 1. The van der Waals surface area contributed by atoms with Gasteiger partial charge in [0, 0.05) is 37.2 Å². The molecule has 1 aliphatic rings. The van der Waals surface area contributed by atoms with Crippen LogP contribution in [0.2, 0.25) is 0 Å². The van der Waals surface area contributed by atoms with E-state index in [1.165, 1.54) is 4.57 Å². The van der Waals surface area contributed by atoms with Crippen LogP contribution in [0.4, 0.5) is 0 Å². The van der Waals surface area contributed by atoms with E-state index in [-0.39, 0.29) is 29.9 Å². The van der Waals surface area contributed by atoms with Gasteiger partial charge in [0.2, 0.25) is 6.79 Å². The molecule has 0 bridgehead atoms. The summed E-state index contributed by atoms with van der Waals surface area (Å²) < 4.78 is 14.1. The van der Waals surface area contributed by atoms with Crippen LogP contribution < -0.4 is 20.3 Å². The SMILES string of the molecule is CCC(Cn1ccnc1)NC(=O)c1c(C)ccn(-c2ccc3c(c2)OCO3)c1=O. The Bertz CT molecular complexity index is 1090.